The molecule has 6 nitrogen and oxygen atoms in total. The summed E-state index contributed by atoms with van der Waals surface area (Å²) < 4.78 is 18.6. The van der Waals surface area contributed by atoms with Crippen LogP contribution in [0.5, 0.6) is 0 Å². The minimum absolute atomic E-state index is 0.0876. The lowest BCUT2D eigenvalue weighted by atomic mass is 10.2. The molecule has 0 saturated carbocycles. The number of rotatable bonds is 4. The number of aryl methyl sites for hydroxylation is 2. The van der Waals surface area contributed by atoms with Crippen molar-refractivity contribution >= 4 is 40.2 Å². The Bertz CT molecular complexity index is 1060. The van der Waals surface area contributed by atoms with Crippen molar-refractivity contribution < 1.29 is 18.7 Å². The van der Waals surface area contributed by atoms with Crippen molar-refractivity contribution in [3.8, 4) is 0 Å². The largest absolute Gasteiger partial charge is 0.452 e. The van der Waals surface area contributed by atoms with Crippen LogP contribution in [0.1, 0.15) is 21.7 Å². The molecule has 0 aliphatic heterocycles. The van der Waals surface area contributed by atoms with Crippen molar-refractivity contribution in [2.24, 2.45) is 0 Å². The van der Waals surface area contributed by atoms with Crippen LogP contribution in [0.2, 0.25) is 5.02 Å². The summed E-state index contributed by atoms with van der Waals surface area (Å²) >= 11 is 5.76. The van der Waals surface area contributed by atoms with Crippen LogP contribution in [-0.4, -0.2) is 28.5 Å². The second-order valence-electron chi connectivity index (χ2n) is 5.85. The molecule has 1 amide bonds. The molecule has 0 aliphatic rings. The van der Waals surface area contributed by atoms with Crippen LogP contribution < -0.4 is 5.32 Å². The highest BCUT2D eigenvalue weighted by Crippen LogP contribution is 2.19. The Hall–Kier alpha value is -3.06. The lowest BCUT2D eigenvalue weighted by Crippen LogP contribution is -2.21. The summed E-state index contributed by atoms with van der Waals surface area (Å²) in [5, 5.41) is 2.57. The average Bonchev–Trinajstić information content (AvgIpc) is 2.63. The van der Waals surface area contributed by atoms with Gasteiger partial charge in [0.1, 0.15) is 5.82 Å². The SMILES string of the molecule is Cc1nc2ccc(C(=O)OCC(=O)Nc3cc(Cl)ccc3F)cc2nc1C. The van der Waals surface area contributed by atoms with Gasteiger partial charge >= 0.3 is 5.97 Å². The Morgan fingerprint density at radius 2 is 1.78 bits per heavy atom. The number of esters is 1. The molecule has 27 heavy (non-hydrogen) atoms. The summed E-state index contributed by atoms with van der Waals surface area (Å²) in [5.41, 5.74) is 2.93. The Morgan fingerprint density at radius 1 is 1.07 bits per heavy atom. The summed E-state index contributed by atoms with van der Waals surface area (Å²) in [6, 6.07) is 8.51. The van der Waals surface area contributed by atoms with Crippen LogP contribution in [0, 0.1) is 19.7 Å². The third-order valence-corrected chi connectivity index (χ3v) is 4.08. The number of halogens is 2. The van der Waals surface area contributed by atoms with Crippen molar-refractivity contribution in [3.05, 3.63) is 64.2 Å². The number of hydrogen-bond donors (Lipinski definition) is 1. The molecule has 0 atom stereocenters. The fourth-order valence-corrected chi connectivity index (χ4v) is 2.52. The molecule has 3 aromatic rings. The third-order valence-electron chi connectivity index (χ3n) is 3.85. The minimum Gasteiger partial charge on any atom is -0.452 e. The van der Waals surface area contributed by atoms with Gasteiger partial charge in [-0.05, 0) is 50.2 Å². The van der Waals surface area contributed by atoms with Gasteiger partial charge < -0.3 is 10.1 Å². The number of carbonyl (C=O) groups excluding carboxylic acids is 2. The first-order valence-electron chi connectivity index (χ1n) is 8.00. The molecule has 3 rings (SSSR count). The zero-order chi connectivity index (χ0) is 19.6. The van der Waals surface area contributed by atoms with Gasteiger partial charge in [-0.15, -0.1) is 0 Å². The molecule has 1 aromatic heterocycles. The standard InChI is InChI=1S/C19H15ClFN3O3/c1-10-11(2)23-17-7-12(3-6-15(17)22-10)19(26)27-9-18(25)24-16-8-13(20)4-5-14(16)21/h3-8H,9H2,1-2H3,(H,24,25). The van der Waals surface area contributed by atoms with E-state index in [4.69, 9.17) is 16.3 Å². The number of amides is 1. The van der Waals surface area contributed by atoms with Gasteiger partial charge in [0.05, 0.1) is 33.7 Å². The second-order valence-corrected chi connectivity index (χ2v) is 6.28. The average molecular weight is 388 g/mol. The van der Waals surface area contributed by atoms with Crippen molar-refractivity contribution in [1.82, 2.24) is 9.97 Å². The first-order valence-corrected chi connectivity index (χ1v) is 8.38. The molecule has 0 radical (unpaired) electrons. The molecule has 1 heterocycles. The van der Waals surface area contributed by atoms with E-state index in [0.29, 0.717) is 11.0 Å². The maximum absolute atomic E-state index is 13.6. The fraction of sp³-hybridized carbons (Fsp3) is 0.158. The van der Waals surface area contributed by atoms with Crippen molar-refractivity contribution in [2.45, 2.75) is 13.8 Å². The smallest absolute Gasteiger partial charge is 0.338 e. The predicted molar refractivity (Wildman–Crippen MR) is 99.3 cm³/mol. The number of hydrogen-bond acceptors (Lipinski definition) is 5. The van der Waals surface area contributed by atoms with Gasteiger partial charge in [0.15, 0.2) is 6.61 Å². The van der Waals surface area contributed by atoms with Gasteiger partial charge in [0.25, 0.3) is 5.91 Å². The van der Waals surface area contributed by atoms with Gasteiger partial charge in [-0.25, -0.2) is 19.2 Å². The van der Waals surface area contributed by atoms with Crippen LogP contribution in [-0.2, 0) is 9.53 Å². The summed E-state index contributed by atoms with van der Waals surface area (Å²) in [6.07, 6.45) is 0. The van der Waals surface area contributed by atoms with E-state index in [0.717, 1.165) is 17.5 Å². The summed E-state index contributed by atoms with van der Waals surface area (Å²) in [5.74, 6) is -2.02. The number of benzene rings is 2. The van der Waals surface area contributed by atoms with Crippen LogP contribution in [0.3, 0.4) is 0 Å². The molecule has 138 valence electrons. The number of ether oxygens (including phenoxy) is 1. The van der Waals surface area contributed by atoms with Crippen molar-refractivity contribution in [1.29, 1.82) is 0 Å². The fourth-order valence-electron chi connectivity index (χ4n) is 2.35. The molecule has 2 aromatic carbocycles. The zero-order valence-corrected chi connectivity index (χ0v) is 15.3. The molecular weight excluding hydrogens is 373 g/mol. The van der Waals surface area contributed by atoms with Crippen molar-refractivity contribution in [3.63, 3.8) is 0 Å². The highest BCUT2D eigenvalue weighted by molar-refractivity contribution is 6.30. The first-order chi connectivity index (χ1) is 12.8. The summed E-state index contributed by atoms with van der Waals surface area (Å²) in [6.45, 7) is 3.11. The number of anilines is 1. The number of nitrogens with one attached hydrogen (secondary N) is 1. The number of aromatic nitrogens is 2. The van der Waals surface area contributed by atoms with Gasteiger partial charge in [-0.2, -0.15) is 0 Å². The van der Waals surface area contributed by atoms with Crippen LogP contribution in [0.4, 0.5) is 10.1 Å². The van der Waals surface area contributed by atoms with E-state index in [9.17, 15) is 14.0 Å². The van der Waals surface area contributed by atoms with Gasteiger partial charge in [0, 0.05) is 5.02 Å². The molecule has 8 heteroatoms. The van der Waals surface area contributed by atoms with Gasteiger partial charge in [0.2, 0.25) is 0 Å². The Labute approximate surface area is 159 Å². The number of fused-ring (bicyclic) bond motifs is 1. The predicted octanol–water partition coefficient (Wildman–Crippen LogP) is 3.83. The van der Waals surface area contributed by atoms with E-state index < -0.39 is 24.3 Å². The van der Waals surface area contributed by atoms with Gasteiger partial charge in [-0.1, -0.05) is 11.6 Å². The van der Waals surface area contributed by atoms with E-state index in [2.05, 4.69) is 15.3 Å². The highest BCUT2D eigenvalue weighted by Gasteiger charge is 2.13. The van der Waals surface area contributed by atoms with E-state index in [1.165, 1.54) is 12.1 Å². The summed E-state index contributed by atoms with van der Waals surface area (Å²) in [7, 11) is 0. The van der Waals surface area contributed by atoms with Crippen LogP contribution in [0.15, 0.2) is 36.4 Å². The molecule has 1 N–H and O–H groups in total. The summed E-state index contributed by atoms with van der Waals surface area (Å²) in [4.78, 5) is 32.8. The molecule has 0 aliphatic carbocycles. The molecule has 0 fully saturated rings. The normalized spacial score (nSPS) is 10.7. The van der Waals surface area contributed by atoms with Crippen molar-refractivity contribution in [2.75, 3.05) is 11.9 Å². The van der Waals surface area contributed by atoms with E-state index in [1.54, 1.807) is 18.2 Å². The maximum Gasteiger partial charge on any atom is 0.338 e. The van der Waals surface area contributed by atoms with Crippen LogP contribution in [0.25, 0.3) is 11.0 Å². The third kappa shape index (κ3) is 4.38. The number of carbonyl (C=O) groups is 2. The highest BCUT2D eigenvalue weighted by atomic mass is 35.5. The monoisotopic (exact) mass is 387 g/mol. The van der Waals surface area contributed by atoms with E-state index in [1.807, 2.05) is 13.8 Å². The Balaban J connectivity index is 1.66. The molecular formula is C19H15ClFN3O3. The van der Waals surface area contributed by atoms with E-state index >= 15 is 0 Å². The molecule has 0 spiro atoms. The second kappa shape index (κ2) is 7.67. The lowest BCUT2D eigenvalue weighted by Gasteiger charge is -2.08. The Kier molecular flexibility index (Phi) is 5.32. The quantitative estimate of drug-likeness (QED) is 0.688. The molecule has 0 bridgehead atoms. The maximum atomic E-state index is 13.6. The molecule has 0 unspecified atom stereocenters. The van der Waals surface area contributed by atoms with E-state index in [-0.39, 0.29) is 16.3 Å². The lowest BCUT2D eigenvalue weighted by molar-refractivity contribution is -0.119. The number of nitrogens with zero attached hydrogens (tertiary/aromatic N) is 2. The Morgan fingerprint density at radius 3 is 2.52 bits per heavy atom. The van der Waals surface area contributed by atoms with Crippen LogP contribution >= 0.6 is 11.6 Å². The first kappa shape index (κ1) is 18.7. The topological polar surface area (TPSA) is 81.2 Å². The minimum atomic E-state index is -0.696. The molecule has 0 saturated heterocycles. The van der Waals surface area contributed by atoms with Gasteiger partial charge in [-0.3, -0.25) is 4.79 Å². The zero-order valence-electron chi connectivity index (χ0n) is 14.5.